The largest absolute Gasteiger partial charge is 0.497 e. The van der Waals surface area contributed by atoms with Gasteiger partial charge >= 0.3 is 5.69 Å². The molecule has 2 aromatic carbocycles. The van der Waals surface area contributed by atoms with E-state index in [1.807, 2.05) is 24.3 Å². The number of rotatable bonds is 4. The predicted octanol–water partition coefficient (Wildman–Crippen LogP) is 1.53. The van der Waals surface area contributed by atoms with Crippen molar-refractivity contribution in [3.63, 3.8) is 0 Å². The van der Waals surface area contributed by atoms with Gasteiger partial charge in [-0.15, -0.1) is 0 Å². The lowest BCUT2D eigenvalue weighted by Crippen LogP contribution is -2.35. The molecule has 0 amide bonds. The van der Waals surface area contributed by atoms with Gasteiger partial charge in [-0.05, 0) is 36.4 Å². The molecule has 0 atom stereocenters. The van der Waals surface area contributed by atoms with E-state index in [1.54, 1.807) is 31.4 Å². The van der Waals surface area contributed by atoms with E-state index in [-0.39, 0.29) is 12.1 Å². The van der Waals surface area contributed by atoms with Crippen LogP contribution in [-0.2, 0) is 6.54 Å². The van der Waals surface area contributed by atoms with Crippen molar-refractivity contribution in [1.29, 1.82) is 0 Å². The van der Waals surface area contributed by atoms with Crippen LogP contribution in [0.2, 0.25) is 0 Å². The van der Waals surface area contributed by atoms with Crippen LogP contribution in [0, 0.1) is 0 Å². The van der Waals surface area contributed by atoms with Crippen molar-refractivity contribution in [2.45, 2.75) is 6.54 Å². The van der Waals surface area contributed by atoms with Gasteiger partial charge in [-0.2, -0.15) is 5.10 Å². The molecule has 8 heteroatoms. The maximum absolute atomic E-state index is 12.6. The average molecular weight is 349 g/mol. The van der Waals surface area contributed by atoms with E-state index < -0.39 is 5.69 Å². The lowest BCUT2D eigenvalue weighted by Gasteiger charge is -2.04. The summed E-state index contributed by atoms with van der Waals surface area (Å²) in [4.78, 5) is 31.9. The third kappa shape index (κ3) is 2.77. The number of hydrogen-bond donors (Lipinski definition) is 2. The lowest BCUT2D eigenvalue weighted by molar-refractivity contribution is 0.415. The number of nitrogens with one attached hydrogen (secondary N) is 2. The standard InChI is InChI=1S/C18H15N5O3/c1-26-12-8-6-11(7-9-12)16-20-15(21-22-16)10-23-17(24)13-4-2-3-5-14(13)19-18(23)25/h2-9H,10H2,1H3,(H,19,25)(H,20,21,22). The monoisotopic (exact) mass is 349 g/mol. The molecular formula is C18H15N5O3. The first-order chi connectivity index (χ1) is 12.7. The molecule has 0 radical (unpaired) electrons. The normalized spacial score (nSPS) is 11.0. The highest BCUT2D eigenvalue weighted by Gasteiger charge is 2.11. The zero-order valence-electron chi connectivity index (χ0n) is 13.9. The van der Waals surface area contributed by atoms with E-state index in [4.69, 9.17) is 4.74 Å². The fraction of sp³-hybridized carbons (Fsp3) is 0.111. The van der Waals surface area contributed by atoms with Crippen molar-refractivity contribution in [3.05, 3.63) is 75.2 Å². The fourth-order valence-electron chi connectivity index (χ4n) is 2.73. The van der Waals surface area contributed by atoms with Crippen LogP contribution in [0.15, 0.2) is 58.1 Å². The van der Waals surface area contributed by atoms with Crippen LogP contribution < -0.4 is 16.0 Å². The van der Waals surface area contributed by atoms with Gasteiger partial charge in [0.1, 0.15) is 11.6 Å². The summed E-state index contributed by atoms with van der Waals surface area (Å²) in [7, 11) is 1.60. The van der Waals surface area contributed by atoms with Crippen molar-refractivity contribution in [2.24, 2.45) is 0 Å². The van der Waals surface area contributed by atoms with E-state index in [1.165, 1.54) is 0 Å². The van der Waals surface area contributed by atoms with Gasteiger partial charge in [-0.25, -0.2) is 9.78 Å². The summed E-state index contributed by atoms with van der Waals surface area (Å²) in [6, 6.07) is 14.2. The Kier molecular flexibility index (Phi) is 3.85. The van der Waals surface area contributed by atoms with Crippen LogP contribution in [0.5, 0.6) is 5.75 Å². The minimum absolute atomic E-state index is 0.00214. The van der Waals surface area contributed by atoms with E-state index in [0.29, 0.717) is 22.6 Å². The Labute approximate surface area is 147 Å². The second-order valence-electron chi connectivity index (χ2n) is 5.70. The number of aromatic nitrogens is 5. The SMILES string of the molecule is COc1ccc(-c2n[nH]c(Cn3c(=O)[nH]c4ccccc4c3=O)n2)cc1. The van der Waals surface area contributed by atoms with Gasteiger partial charge in [-0.3, -0.25) is 14.5 Å². The number of methoxy groups -OCH3 is 1. The lowest BCUT2D eigenvalue weighted by atomic mass is 10.2. The van der Waals surface area contributed by atoms with Crippen molar-refractivity contribution >= 4 is 10.9 Å². The average Bonchev–Trinajstić information content (AvgIpc) is 3.14. The third-order valence-corrected chi connectivity index (χ3v) is 4.08. The summed E-state index contributed by atoms with van der Waals surface area (Å²) < 4.78 is 6.22. The van der Waals surface area contributed by atoms with Crippen molar-refractivity contribution in [2.75, 3.05) is 7.11 Å². The Hall–Kier alpha value is -3.68. The van der Waals surface area contributed by atoms with Gasteiger partial charge in [0, 0.05) is 5.56 Å². The number of ether oxygens (including phenoxy) is 1. The molecule has 26 heavy (non-hydrogen) atoms. The van der Waals surface area contributed by atoms with E-state index in [2.05, 4.69) is 20.2 Å². The molecule has 8 nitrogen and oxygen atoms in total. The van der Waals surface area contributed by atoms with Crippen LogP contribution in [0.3, 0.4) is 0 Å². The van der Waals surface area contributed by atoms with Crippen molar-refractivity contribution in [1.82, 2.24) is 24.7 Å². The van der Waals surface area contributed by atoms with Crippen LogP contribution in [0.1, 0.15) is 5.82 Å². The summed E-state index contributed by atoms with van der Waals surface area (Å²) >= 11 is 0. The molecule has 130 valence electrons. The smallest absolute Gasteiger partial charge is 0.329 e. The van der Waals surface area contributed by atoms with Crippen LogP contribution in [0.25, 0.3) is 22.3 Å². The Morgan fingerprint density at radius 2 is 1.85 bits per heavy atom. The number of para-hydroxylation sites is 1. The Bertz CT molecular complexity index is 1190. The van der Waals surface area contributed by atoms with E-state index in [0.717, 1.165) is 15.9 Å². The molecule has 2 aromatic heterocycles. The Balaban J connectivity index is 1.68. The van der Waals surface area contributed by atoms with Crippen LogP contribution >= 0.6 is 0 Å². The summed E-state index contributed by atoms with van der Waals surface area (Å²) in [5, 5.41) is 7.38. The molecule has 4 rings (SSSR count). The third-order valence-electron chi connectivity index (χ3n) is 4.08. The molecular weight excluding hydrogens is 334 g/mol. The van der Waals surface area contributed by atoms with Crippen LogP contribution in [0.4, 0.5) is 0 Å². The minimum Gasteiger partial charge on any atom is -0.497 e. The molecule has 0 fully saturated rings. The molecule has 0 unspecified atom stereocenters. The number of hydrogen-bond acceptors (Lipinski definition) is 5. The molecule has 2 N–H and O–H groups in total. The summed E-state index contributed by atoms with van der Waals surface area (Å²) in [6.07, 6.45) is 0. The molecule has 0 spiro atoms. The summed E-state index contributed by atoms with van der Waals surface area (Å²) in [5.74, 6) is 1.63. The second kappa shape index (κ2) is 6.32. The summed E-state index contributed by atoms with van der Waals surface area (Å²) in [6.45, 7) is 0.00214. The zero-order valence-corrected chi connectivity index (χ0v) is 13.9. The number of fused-ring (bicyclic) bond motifs is 1. The molecule has 0 aliphatic carbocycles. The molecule has 2 heterocycles. The fourth-order valence-corrected chi connectivity index (χ4v) is 2.73. The number of benzene rings is 2. The molecule has 0 bridgehead atoms. The maximum atomic E-state index is 12.6. The second-order valence-corrected chi connectivity index (χ2v) is 5.70. The molecule has 0 saturated carbocycles. The molecule has 4 aromatic rings. The highest BCUT2D eigenvalue weighted by molar-refractivity contribution is 5.76. The number of aromatic amines is 2. The highest BCUT2D eigenvalue weighted by Crippen LogP contribution is 2.18. The van der Waals surface area contributed by atoms with Gasteiger partial charge in [0.2, 0.25) is 0 Å². The Morgan fingerprint density at radius 3 is 2.62 bits per heavy atom. The van der Waals surface area contributed by atoms with Gasteiger partial charge in [0.25, 0.3) is 5.56 Å². The number of nitrogens with zero attached hydrogens (tertiary/aromatic N) is 3. The first kappa shape index (κ1) is 15.8. The van der Waals surface area contributed by atoms with Crippen molar-refractivity contribution in [3.8, 4) is 17.1 Å². The summed E-state index contributed by atoms with van der Waals surface area (Å²) in [5.41, 5.74) is 0.450. The first-order valence-corrected chi connectivity index (χ1v) is 7.93. The van der Waals surface area contributed by atoms with Crippen LogP contribution in [-0.4, -0.2) is 31.8 Å². The van der Waals surface area contributed by atoms with Crippen molar-refractivity contribution < 1.29 is 4.74 Å². The van der Waals surface area contributed by atoms with Gasteiger partial charge in [0.05, 0.1) is 24.6 Å². The van der Waals surface area contributed by atoms with Gasteiger partial charge in [0.15, 0.2) is 5.82 Å². The molecule has 0 aliphatic rings. The van der Waals surface area contributed by atoms with E-state index in [9.17, 15) is 9.59 Å². The maximum Gasteiger partial charge on any atom is 0.329 e. The quantitative estimate of drug-likeness (QED) is 0.581. The number of H-pyrrole nitrogens is 2. The van der Waals surface area contributed by atoms with E-state index >= 15 is 0 Å². The highest BCUT2D eigenvalue weighted by atomic mass is 16.5. The topological polar surface area (TPSA) is 106 Å². The van der Waals surface area contributed by atoms with Gasteiger partial charge < -0.3 is 9.72 Å². The van der Waals surface area contributed by atoms with Gasteiger partial charge in [-0.1, -0.05) is 12.1 Å². The predicted molar refractivity (Wildman–Crippen MR) is 96.3 cm³/mol. The Morgan fingerprint density at radius 1 is 1.08 bits per heavy atom. The minimum atomic E-state index is -0.490. The molecule has 0 saturated heterocycles. The first-order valence-electron chi connectivity index (χ1n) is 7.93. The zero-order chi connectivity index (χ0) is 18.1. The molecule has 0 aliphatic heterocycles.